The molecule has 0 radical (unpaired) electrons. The summed E-state index contributed by atoms with van der Waals surface area (Å²) in [6.07, 6.45) is 1.11. The molecule has 0 saturated carbocycles. The predicted molar refractivity (Wildman–Crippen MR) is 71.4 cm³/mol. The summed E-state index contributed by atoms with van der Waals surface area (Å²) >= 11 is 0. The zero-order valence-corrected chi connectivity index (χ0v) is 12.2. The van der Waals surface area contributed by atoms with Gasteiger partial charge in [-0.05, 0) is 34.1 Å². The lowest BCUT2D eigenvalue weighted by Crippen LogP contribution is -2.33. The molecule has 1 rings (SSSR count). The summed E-state index contributed by atoms with van der Waals surface area (Å²) in [5.41, 5.74) is 1.10. The molecule has 0 spiro atoms. The molecule has 0 aliphatic carbocycles. The monoisotopic (exact) mass is 269 g/mol. The Morgan fingerprint density at radius 3 is 1.89 bits per heavy atom. The van der Waals surface area contributed by atoms with Gasteiger partial charge in [0.15, 0.2) is 6.29 Å². The van der Waals surface area contributed by atoms with E-state index in [2.05, 4.69) is 0 Å². The summed E-state index contributed by atoms with van der Waals surface area (Å²) in [5, 5.41) is 0. The van der Waals surface area contributed by atoms with Crippen LogP contribution in [-0.2, 0) is 19.1 Å². The van der Waals surface area contributed by atoms with Crippen LogP contribution in [0.5, 0.6) is 0 Å². The maximum atomic E-state index is 11.8. The number of carbonyl (C=O) groups excluding carboxylic acids is 2. The van der Waals surface area contributed by atoms with Gasteiger partial charge in [0.2, 0.25) is 0 Å². The van der Waals surface area contributed by atoms with Crippen LogP contribution in [0.1, 0.15) is 40.5 Å². The third kappa shape index (κ3) is 3.88. The molecular formula is C14H23NO4. The number of nitrogens with zero attached hydrogens (tertiary/aromatic N) is 1. The lowest BCUT2D eigenvalue weighted by Gasteiger charge is -2.19. The van der Waals surface area contributed by atoms with Gasteiger partial charge in [-0.3, -0.25) is 14.5 Å². The number of hydrogen-bond donors (Lipinski definition) is 0. The first-order valence-electron chi connectivity index (χ1n) is 6.79. The second-order valence-corrected chi connectivity index (χ2v) is 4.49. The molecular weight excluding hydrogens is 246 g/mol. The normalized spacial score (nSPS) is 16.2. The Morgan fingerprint density at radius 2 is 1.47 bits per heavy atom. The van der Waals surface area contributed by atoms with Crippen molar-refractivity contribution in [3.05, 3.63) is 11.1 Å². The van der Waals surface area contributed by atoms with Crippen LogP contribution in [0.3, 0.4) is 0 Å². The molecule has 0 aromatic rings. The van der Waals surface area contributed by atoms with Gasteiger partial charge in [0.05, 0.1) is 0 Å². The molecule has 108 valence electrons. The van der Waals surface area contributed by atoms with E-state index in [9.17, 15) is 9.59 Å². The fourth-order valence-corrected chi connectivity index (χ4v) is 2.02. The second kappa shape index (κ2) is 7.40. The average Bonchev–Trinajstić information content (AvgIpc) is 2.56. The van der Waals surface area contributed by atoms with E-state index in [1.165, 1.54) is 4.90 Å². The summed E-state index contributed by atoms with van der Waals surface area (Å²) in [5.74, 6) is -0.348. The Balaban J connectivity index is 2.42. The van der Waals surface area contributed by atoms with Crippen LogP contribution >= 0.6 is 0 Å². The van der Waals surface area contributed by atoms with Gasteiger partial charge in [0.25, 0.3) is 11.8 Å². The molecule has 2 amide bonds. The highest BCUT2D eigenvalue weighted by atomic mass is 16.7. The first kappa shape index (κ1) is 15.9. The third-order valence-corrected chi connectivity index (χ3v) is 3.22. The van der Waals surface area contributed by atoms with E-state index in [1.807, 2.05) is 13.8 Å². The van der Waals surface area contributed by atoms with E-state index >= 15 is 0 Å². The van der Waals surface area contributed by atoms with Gasteiger partial charge >= 0.3 is 0 Å². The molecule has 0 aromatic carbocycles. The maximum absolute atomic E-state index is 11.8. The molecule has 0 N–H and O–H groups in total. The number of hydrogen-bond acceptors (Lipinski definition) is 4. The molecule has 0 saturated heterocycles. The minimum absolute atomic E-state index is 0.174. The fourth-order valence-electron chi connectivity index (χ4n) is 2.02. The second-order valence-electron chi connectivity index (χ2n) is 4.49. The molecule has 0 unspecified atom stereocenters. The van der Waals surface area contributed by atoms with Gasteiger partial charge < -0.3 is 9.47 Å². The van der Waals surface area contributed by atoms with E-state index in [-0.39, 0.29) is 18.1 Å². The molecule has 19 heavy (non-hydrogen) atoms. The summed E-state index contributed by atoms with van der Waals surface area (Å²) in [6, 6.07) is 0. The third-order valence-electron chi connectivity index (χ3n) is 3.22. The van der Waals surface area contributed by atoms with Crippen molar-refractivity contribution in [1.29, 1.82) is 0 Å². The maximum Gasteiger partial charge on any atom is 0.256 e. The molecule has 1 aliphatic heterocycles. The van der Waals surface area contributed by atoms with E-state index in [0.29, 0.717) is 43.7 Å². The van der Waals surface area contributed by atoms with Crippen LogP contribution in [0, 0.1) is 0 Å². The van der Waals surface area contributed by atoms with Crippen LogP contribution in [0.2, 0.25) is 0 Å². The topological polar surface area (TPSA) is 55.8 Å². The van der Waals surface area contributed by atoms with Crippen LogP contribution in [0.15, 0.2) is 11.1 Å². The van der Waals surface area contributed by atoms with Gasteiger partial charge in [-0.2, -0.15) is 0 Å². The summed E-state index contributed by atoms with van der Waals surface area (Å²) in [6.45, 7) is 8.81. The van der Waals surface area contributed by atoms with E-state index < -0.39 is 0 Å². The summed E-state index contributed by atoms with van der Waals surface area (Å²) in [4.78, 5) is 25.0. The SMILES string of the molecule is CCOC(CCCN1C(=O)C(C)=C(C)C1=O)OCC. The van der Waals surface area contributed by atoms with Gasteiger partial charge in [-0.15, -0.1) is 0 Å². The Morgan fingerprint density at radius 1 is 1.00 bits per heavy atom. The molecule has 0 atom stereocenters. The van der Waals surface area contributed by atoms with Crippen LogP contribution in [-0.4, -0.2) is 42.8 Å². The standard InChI is InChI=1S/C14H23NO4/c1-5-18-12(19-6-2)8-7-9-15-13(16)10(3)11(4)14(15)17/h12H,5-9H2,1-4H3. The smallest absolute Gasteiger partial charge is 0.256 e. The molecule has 0 fully saturated rings. The van der Waals surface area contributed by atoms with Crippen LogP contribution < -0.4 is 0 Å². The summed E-state index contributed by atoms with van der Waals surface area (Å²) in [7, 11) is 0. The van der Waals surface area contributed by atoms with Crippen LogP contribution in [0.4, 0.5) is 0 Å². The number of ether oxygens (including phenoxy) is 2. The van der Waals surface area contributed by atoms with Crippen LogP contribution in [0.25, 0.3) is 0 Å². The minimum atomic E-state index is -0.252. The van der Waals surface area contributed by atoms with Crippen molar-refractivity contribution in [3.63, 3.8) is 0 Å². The zero-order chi connectivity index (χ0) is 14.4. The molecule has 1 heterocycles. The van der Waals surface area contributed by atoms with E-state index in [4.69, 9.17) is 9.47 Å². The Kier molecular flexibility index (Phi) is 6.18. The van der Waals surface area contributed by atoms with Gasteiger partial charge in [-0.25, -0.2) is 0 Å². The highest BCUT2D eigenvalue weighted by Gasteiger charge is 2.32. The fraction of sp³-hybridized carbons (Fsp3) is 0.714. The highest BCUT2D eigenvalue weighted by Crippen LogP contribution is 2.20. The predicted octanol–water partition coefficient (Wildman–Crippen LogP) is 1.87. The van der Waals surface area contributed by atoms with Crippen molar-refractivity contribution in [2.24, 2.45) is 0 Å². The van der Waals surface area contributed by atoms with Crippen molar-refractivity contribution < 1.29 is 19.1 Å². The van der Waals surface area contributed by atoms with Crippen molar-refractivity contribution in [3.8, 4) is 0 Å². The van der Waals surface area contributed by atoms with E-state index in [0.717, 1.165) is 0 Å². The highest BCUT2D eigenvalue weighted by molar-refractivity contribution is 6.18. The number of imide groups is 1. The van der Waals surface area contributed by atoms with E-state index in [1.54, 1.807) is 13.8 Å². The van der Waals surface area contributed by atoms with Gasteiger partial charge in [-0.1, -0.05) is 0 Å². The quantitative estimate of drug-likeness (QED) is 0.498. The molecule has 5 nitrogen and oxygen atoms in total. The zero-order valence-electron chi connectivity index (χ0n) is 12.2. The van der Waals surface area contributed by atoms with Crippen molar-refractivity contribution in [2.75, 3.05) is 19.8 Å². The first-order chi connectivity index (χ1) is 9.02. The molecule has 1 aliphatic rings. The molecule has 0 bridgehead atoms. The minimum Gasteiger partial charge on any atom is -0.353 e. The Bertz CT molecular complexity index is 346. The number of rotatable bonds is 8. The Hall–Kier alpha value is -1.20. The lowest BCUT2D eigenvalue weighted by molar-refractivity contribution is -0.144. The number of amides is 2. The van der Waals surface area contributed by atoms with Gasteiger partial charge in [0, 0.05) is 37.3 Å². The Labute approximate surface area is 114 Å². The van der Waals surface area contributed by atoms with Crippen molar-refractivity contribution in [1.82, 2.24) is 4.90 Å². The lowest BCUT2D eigenvalue weighted by atomic mass is 10.2. The van der Waals surface area contributed by atoms with Crippen molar-refractivity contribution >= 4 is 11.8 Å². The van der Waals surface area contributed by atoms with Gasteiger partial charge in [0.1, 0.15) is 0 Å². The van der Waals surface area contributed by atoms with Crippen molar-refractivity contribution in [2.45, 2.75) is 46.8 Å². The molecule has 5 heteroatoms. The number of carbonyl (C=O) groups is 2. The summed E-state index contributed by atoms with van der Waals surface area (Å²) < 4.78 is 10.8. The largest absolute Gasteiger partial charge is 0.353 e. The first-order valence-corrected chi connectivity index (χ1v) is 6.79. The average molecular weight is 269 g/mol. The molecule has 0 aromatic heterocycles.